The molecule has 0 amide bonds. The number of rotatable bonds is 3. The topological polar surface area (TPSA) is 17.1 Å². The van der Waals surface area contributed by atoms with Gasteiger partial charge in [0.1, 0.15) is 12.1 Å². The highest BCUT2D eigenvalue weighted by atomic mass is 19.4. The summed E-state index contributed by atoms with van der Waals surface area (Å²) in [4.78, 5) is 10.0. The van der Waals surface area contributed by atoms with Gasteiger partial charge in [0.15, 0.2) is 0 Å². The summed E-state index contributed by atoms with van der Waals surface area (Å²) in [5.41, 5.74) is -1.44. The molecule has 0 atom stereocenters. The maximum atomic E-state index is 12.7. The van der Waals surface area contributed by atoms with Crippen LogP contribution in [0, 0.1) is 0 Å². The lowest BCUT2D eigenvalue weighted by Crippen LogP contribution is -2.10. The van der Waals surface area contributed by atoms with E-state index in [-0.39, 0.29) is 5.57 Å². The maximum Gasteiger partial charge on any atom is 0.418 e. The number of hydrogen-bond acceptors (Lipinski definition) is 1. The van der Waals surface area contributed by atoms with Crippen molar-refractivity contribution in [3.63, 3.8) is 0 Å². The average Bonchev–Trinajstić information content (AvgIpc) is 2.10. The summed E-state index contributed by atoms with van der Waals surface area (Å²) in [5.74, 6) is -1.50. The lowest BCUT2D eigenvalue weighted by Gasteiger charge is -2.06. The fourth-order valence-electron chi connectivity index (χ4n) is 0.480. The van der Waals surface area contributed by atoms with Crippen molar-refractivity contribution in [1.29, 1.82) is 0 Å². The van der Waals surface area contributed by atoms with E-state index in [4.69, 9.17) is 0 Å². The van der Waals surface area contributed by atoms with E-state index in [0.29, 0.717) is 12.4 Å². The summed E-state index contributed by atoms with van der Waals surface area (Å²) in [6, 6.07) is 0. The van der Waals surface area contributed by atoms with Crippen LogP contribution in [0.3, 0.4) is 0 Å². The van der Waals surface area contributed by atoms with Gasteiger partial charge in [0, 0.05) is 0 Å². The van der Waals surface area contributed by atoms with Gasteiger partial charge in [-0.2, -0.15) is 13.2 Å². The van der Waals surface area contributed by atoms with E-state index in [1.165, 1.54) is 6.92 Å². The maximum absolute atomic E-state index is 12.7. The zero-order chi connectivity index (χ0) is 11.4. The second-order valence-corrected chi connectivity index (χ2v) is 2.52. The summed E-state index contributed by atoms with van der Waals surface area (Å²) in [6.45, 7) is 3.88. The predicted octanol–water partition coefficient (Wildman–Crippen LogP) is 3.10. The van der Waals surface area contributed by atoms with Crippen molar-refractivity contribution in [1.82, 2.24) is 0 Å². The third-order valence-electron chi connectivity index (χ3n) is 1.31. The molecule has 0 aromatic heterocycles. The molecule has 14 heavy (non-hydrogen) atoms. The first-order valence-corrected chi connectivity index (χ1v) is 3.54. The second-order valence-electron chi connectivity index (χ2n) is 2.52. The quantitative estimate of drug-likeness (QED) is 0.301. The van der Waals surface area contributed by atoms with Gasteiger partial charge >= 0.3 is 6.18 Å². The highest BCUT2D eigenvalue weighted by Crippen LogP contribution is 2.30. The molecular weight excluding hydrogens is 200 g/mol. The summed E-state index contributed by atoms with van der Waals surface area (Å²) >= 11 is 0. The molecule has 0 saturated carbocycles. The number of alkyl halides is 3. The highest BCUT2D eigenvalue weighted by Gasteiger charge is 2.34. The van der Waals surface area contributed by atoms with Gasteiger partial charge < -0.3 is 0 Å². The van der Waals surface area contributed by atoms with Crippen molar-refractivity contribution >= 4 is 6.29 Å². The minimum absolute atomic E-state index is 0.120. The Morgan fingerprint density at radius 3 is 2.14 bits per heavy atom. The van der Waals surface area contributed by atoms with E-state index in [0.717, 1.165) is 6.08 Å². The van der Waals surface area contributed by atoms with Gasteiger partial charge in [0.05, 0.1) is 5.57 Å². The van der Waals surface area contributed by atoms with Crippen molar-refractivity contribution in [2.24, 2.45) is 0 Å². The van der Waals surface area contributed by atoms with Crippen LogP contribution in [0.4, 0.5) is 17.6 Å². The second kappa shape index (κ2) is 4.74. The Morgan fingerprint density at radius 1 is 1.29 bits per heavy atom. The molecule has 0 rings (SSSR count). The van der Waals surface area contributed by atoms with Crippen molar-refractivity contribution in [2.75, 3.05) is 0 Å². The third kappa shape index (κ3) is 4.02. The fourth-order valence-corrected chi connectivity index (χ4v) is 0.480. The molecule has 0 heterocycles. The van der Waals surface area contributed by atoms with Gasteiger partial charge in [-0.1, -0.05) is 12.7 Å². The average molecular weight is 208 g/mol. The van der Waals surface area contributed by atoms with E-state index in [1.807, 2.05) is 0 Å². The van der Waals surface area contributed by atoms with E-state index in [1.54, 1.807) is 0 Å². The molecule has 0 aliphatic heterocycles. The normalized spacial score (nSPS) is 14.1. The van der Waals surface area contributed by atoms with Crippen LogP contribution in [0.1, 0.15) is 6.92 Å². The molecule has 78 valence electrons. The first-order valence-electron chi connectivity index (χ1n) is 3.54. The Labute approximate surface area is 78.4 Å². The Kier molecular flexibility index (Phi) is 4.27. The van der Waals surface area contributed by atoms with Crippen LogP contribution in [0.25, 0.3) is 0 Å². The minimum atomic E-state index is -4.79. The van der Waals surface area contributed by atoms with Gasteiger partial charge in [0.25, 0.3) is 0 Å². The van der Waals surface area contributed by atoms with Crippen LogP contribution in [-0.4, -0.2) is 12.5 Å². The number of hydrogen-bond donors (Lipinski definition) is 0. The molecule has 0 aliphatic carbocycles. The third-order valence-corrected chi connectivity index (χ3v) is 1.31. The van der Waals surface area contributed by atoms with Crippen molar-refractivity contribution in [3.05, 3.63) is 35.7 Å². The Balaban J connectivity index is 4.72. The smallest absolute Gasteiger partial charge is 0.298 e. The largest absolute Gasteiger partial charge is 0.418 e. The standard InChI is InChI=1S/C9H8F4O/c1-6(5-14)3-4-8(10)7(2)9(11,12)13/h3-5H,2H2,1H3/b6-3+,8-4+. The zero-order valence-electron chi connectivity index (χ0n) is 7.36. The number of aldehydes is 1. The van der Waals surface area contributed by atoms with Gasteiger partial charge in [-0.3, -0.25) is 4.79 Å². The fraction of sp³-hybridized carbons (Fsp3) is 0.222. The number of halogens is 4. The molecule has 0 unspecified atom stereocenters. The molecule has 0 aliphatic rings. The van der Waals surface area contributed by atoms with E-state index >= 15 is 0 Å². The molecule has 5 heteroatoms. The Bertz CT molecular complexity index is 296. The van der Waals surface area contributed by atoms with Crippen LogP contribution in [0.15, 0.2) is 35.7 Å². The Morgan fingerprint density at radius 2 is 1.79 bits per heavy atom. The van der Waals surface area contributed by atoms with Gasteiger partial charge in [0.2, 0.25) is 0 Å². The highest BCUT2D eigenvalue weighted by molar-refractivity contribution is 5.72. The Hall–Kier alpha value is -1.39. The van der Waals surface area contributed by atoms with E-state index in [9.17, 15) is 22.4 Å². The molecule has 0 bridgehead atoms. The molecule has 0 fully saturated rings. The van der Waals surface area contributed by atoms with Crippen LogP contribution < -0.4 is 0 Å². The first-order chi connectivity index (χ1) is 6.29. The number of carbonyl (C=O) groups excluding carboxylic acids is 1. The predicted molar refractivity (Wildman–Crippen MR) is 44.2 cm³/mol. The summed E-state index contributed by atoms with van der Waals surface area (Å²) < 4.78 is 48.2. The SMILES string of the molecule is C=C(/C(F)=C\C=C(/C)C=O)C(F)(F)F. The minimum Gasteiger partial charge on any atom is -0.298 e. The lowest BCUT2D eigenvalue weighted by atomic mass is 10.2. The first kappa shape index (κ1) is 12.6. The van der Waals surface area contributed by atoms with E-state index < -0.39 is 17.6 Å². The van der Waals surface area contributed by atoms with Gasteiger partial charge in [-0.15, -0.1) is 0 Å². The summed E-state index contributed by atoms with van der Waals surface area (Å²) in [6.07, 6.45) is -2.89. The van der Waals surface area contributed by atoms with Crippen LogP contribution >= 0.6 is 0 Å². The molecule has 0 saturated heterocycles. The molecular formula is C9H8F4O. The molecule has 0 aromatic rings. The summed E-state index contributed by atoms with van der Waals surface area (Å²) in [5, 5.41) is 0. The molecule has 0 aromatic carbocycles. The molecule has 0 radical (unpaired) electrons. The summed E-state index contributed by atoms with van der Waals surface area (Å²) in [7, 11) is 0. The van der Waals surface area contributed by atoms with Crippen LogP contribution in [0.2, 0.25) is 0 Å². The van der Waals surface area contributed by atoms with Gasteiger partial charge in [-0.25, -0.2) is 4.39 Å². The molecule has 1 nitrogen and oxygen atoms in total. The number of allylic oxidation sites excluding steroid dienone is 5. The number of carbonyl (C=O) groups is 1. The monoisotopic (exact) mass is 208 g/mol. The van der Waals surface area contributed by atoms with Crippen molar-refractivity contribution < 1.29 is 22.4 Å². The molecule has 0 N–H and O–H groups in total. The van der Waals surface area contributed by atoms with Crippen molar-refractivity contribution in [3.8, 4) is 0 Å². The van der Waals surface area contributed by atoms with Gasteiger partial charge in [-0.05, 0) is 18.6 Å². The molecule has 0 spiro atoms. The van der Waals surface area contributed by atoms with Crippen LogP contribution in [0.5, 0.6) is 0 Å². The van der Waals surface area contributed by atoms with E-state index in [2.05, 4.69) is 6.58 Å². The zero-order valence-corrected chi connectivity index (χ0v) is 7.36. The lowest BCUT2D eigenvalue weighted by molar-refractivity contribution is -0.104. The van der Waals surface area contributed by atoms with Crippen molar-refractivity contribution in [2.45, 2.75) is 13.1 Å². The van der Waals surface area contributed by atoms with Crippen LogP contribution in [-0.2, 0) is 4.79 Å².